The molecular formula is C22H19N5O5S2. The molecule has 0 saturated heterocycles. The molecule has 0 bridgehead atoms. The number of nitrogens with one attached hydrogen (secondary N) is 2. The van der Waals surface area contributed by atoms with Crippen molar-refractivity contribution < 1.29 is 13.2 Å². The molecule has 0 fully saturated rings. The number of rotatable bonds is 8. The molecule has 0 spiro atoms. The molecule has 4 aromatic rings. The fourth-order valence-corrected chi connectivity index (χ4v) is 4.90. The van der Waals surface area contributed by atoms with Gasteiger partial charge in [-0.1, -0.05) is 30.3 Å². The number of carbonyl (C=O) groups excluding carboxylic acids is 1. The van der Waals surface area contributed by atoms with E-state index < -0.39 is 33.7 Å². The number of nitrogens with zero attached hydrogens (tertiary/aromatic N) is 3. The summed E-state index contributed by atoms with van der Waals surface area (Å²) in [7, 11) is -3.82. The van der Waals surface area contributed by atoms with Crippen molar-refractivity contribution in [2.75, 3.05) is 10.0 Å². The SMILES string of the molecule is O=C(Cn1c(=O)ccn(Cc2ccccc2)c1=O)Nc1ccc(S(=O)(=O)Nc2nccs2)cc1. The van der Waals surface area contributed by atoms with Gasteiger partial charge in [0.15, 0.2) is 5.13 Å². The predicted octanol–water partition coefficient (Wildman–Crippen LogP) is 1.95. The minimum atomic E-state index is -3.82. The summed E-state index contributed by atoms with van der Waals surface area (Å²) in [4.78, 5) is 41.3. The van der Waals surface area contributed by atoms with Gasteiger partial charge in [0.05, 0.1) is 11.4 Å². The van der Waals surface area contributed by atoms with Crippen molar-refractivity contribution in [3.63, 3.8) is 0 Å². The average molecular weight is 498 g/mol. The van der Waals surface area contributed by atoms with Crippen molar-refractivity contribution in [2.45, 2.75) is 18.0 Å². The smallest absolute Gasteiger partial charge is 0.325 e. The molecule has 0 radical (unpaired) electrons. The number of aromatic nitrogens is 3. The highest BCUT2D eigenvalue weighted by Gasteiger charge is 2.16. The highest BCUT2D eigenvalue weighted by Crippen LogP contribution is 2.19. The van der Waals surface area contributed by atoms with Gasteiger partial charge in [-0.3, -0.25) is 23.4 Å². The summed E-state index contributed by atoms with van der Waals surface area (Å²) in [6.07, 6.45) is 2.88. The van der Waals surface area contributed by atoms with E-state index in [9.17, 15) is 22.8 Å². The van der Waals surface area contributed by atoms with Crippen LogP contribution >= 0.6 is 11.3 Å². The number of hydrogen-bond acceptors (Lipinski definition) is 7. The van der Waals surface area contributed by atoms with Crippen molar-refractivity contribution in [1.82, 2.24) is 14.1 Å². The molecule has 4 rings (SSSR count). The summed E-state index contributed by atoms with van der Waals surface area (Å²) in [6.45, 7) is -0.231. The van der Waals surface area contributed by atoms with Gasteiger partial charge in [-0.05, 0) is 29.8 Å². The van der Waals surface area contributed by atoms with Crippen LogP contribution in [0.3, 0.4) is 0 Å². The van der Waals surface area contributed by atoms with E-state index in [4.69, 9.17) is 0 Å². The normalized spacial score (nSPS) is 11.2. The zero-order valence-electron chi connectivity index (χ0n) is 17.6. The summed E-state index contributed by atoms with van der Waals surface area (Å²) < 4.78 is 29.4. The second kappa shape index (κ2) is 9.85. The number of anilines is 2. The molecule has 2 N–H and O–H groups in total. The summed E-state index contributed by atoms with van der Waals surface area (Å²) in [5.41, 5.74) is -0.0224. The second-order valence-electron chi connectivity index (χ2n) is 7.15. The zero-order chi connectivity index (χ0) is 24.1. The minimum absolute atomic E-state index is 0.0104. The molecular weight excluding hydrogens is 478 g/mol. The maximum Gasteiger partial charge on any atom is 0.331 e. The van der Waals surface area contributed by atoms with Crippen LogP contribution in [0.2, 0.25) is 0 Å². The summed E-state index contributed by atoms with van der Waals surface area (Å²) in [5.74, 6) is -0.604. The molecule has 0 saturated carbocycles. The van der Waals surface area contributed by atoms with Gasteiger partial charge < -0.3 is 5.32 Å². The highest BCUT2D eigenvalue weighted by atomic mass is 32.2. The summed E-state index contributed by atoms with van der Waals surface area (Å²) in [5, 5.41) is 4.45. The third-order valence-electron chi connectivity index (χ3n) is 4.74. The fraction of sp³-hybridized carbons (Fsp3) is 0.0909. The lowest BCUT2D eigenvalue weighted by molar-refractivity contribution is -0.116. The number of carbonyl (C=O) groups is 1. The molecule has 0 aliphatic heterocycles. The molecule has 2 aromatic carbocycles. The molecule has 2 aromatic heterocycles. The Balaban J connectivity index is 1.45. The maximum absolute atomic E-state index is 12.7. The number of hydrogen-bond donors (Lipinski definition) is 2. The van der Waals surface area contributed by atoms with Crippen LogP contribution in [0.25, 0.3) is 0 Å². The van der Waals surface area contributed by atoms with Crippen molar-refractivity contribution in [3.8, 4) is 0 Å². The first kappa shape index (κ1) is 23.1. The molecule has 12 heteroatoms. The average Bonchev–Trinajstić information content (AvgIpc) is 3.32. The first-order valence-electron chi connectivity index (χ1n) is 9.98. The van der Waals surface area contributed by atoms with Crippen LogP contribution in [0.5, 0.6) is 0 Å². The Morgan fingerprint density at radius 1 is 1.00 bits per heavy atom. The van der Waals surface area contributed by atoms with Crippen molar-refractivity contribution in [3.05, 3.63) is 105 Å². The van der Waals surface area contributed by atoms with Gasteiger partial charge >= 0.3 is 5.69 Å². The van der Waals surface area contributed by atoms with Gasteiger partial charge in [-0.2, -0.15) is 0 Å². The molecule has 1 amide bonds. The second-order valence-corrected chi connectivity index (χ2v) is 9.73. The van der Waals surface area contributed by atoms with E-state index in [-0.39, 0.29) is 16.6 Å². The van der Waals surface area contributed by atoms with Crippen LogP contribution in [0.15, 0.2) is 92.9 Å². The topological polar surface area (TPSA) is 132 Å². The molecule has 0 atom stereocenters. The van der Waals surface area contributed by atoms with Crippen molar-refractivity contribution in [2.24, 2.45) is 0 Å². The summed E-state index contributed by atoms with van der Waals surface area (Å²) >= 11 is 1.15. The quantitative estimate of drug-likeness (QED) is 0.382. The first-order valence-corrected chi connectivity index (χ1v) is 12.3. The van der Waals surface area contributed by atoms with Crippen LogP contribution in [0, 0.1) is 0 Å². The lowest BCUT2D eigenvalue weighted by Crippen LogP contribution is -2.41. The van der Waals surface area contributed by atoms with E-state index in [2.05, 4.69) is 15.0 Å². The van der Waals surface area contributed by atoms with E-state index in [0.29, 0.717) is 5.69 Å². The Hall–Kier alpha value is -4.03. The van der Waals surface area contributed by atoms with E-state index >= 15 is 0 Å². The first-order chi connectivity index (χ1) is 16.3. The maximum atomic E-state index is 12.7. The largest absolute Gasteiger partial charge is 0.331 e. The van der Waals surface area contributed by atoms with E-state index in [1.54, 1.807) is 5.38 Å². The van der Waals surface area contributed by atoms with Gasteiger partial charge in [-0.15, -0.1) is 11.3 Å². The monoisotopic (exact) mass is 497 g/mol. The van der Waals surface area contributed by atoms with E-state index in [1.165, 1.54) is 47.3 Å². The van der Waals surface area contributed by atoms with Crippen LogP contribution in [0.1, 0.15) is 5.56 Å². The lowest BCUT2D eigenvalue weighted by Gasteiger charge is -2.11. The van der Waals surface area contributed by atoms with Gasteiger partial charge in [0.2, 0.25) is 5.91 Å². The van der Waals surface area contributed by atoms with Gasteiger partial charge in [-0.25, -0.2) is 18.2 Å². The number of amides is 1. The molecule has 174 valence electrons. The van der Waals surface area contributed by atoms with Crippen LogP contribution in [-0.4, -0.2) is 28.4 Å². The molecule has 10 nitrogen and oxygen atoms in total. The number of benzene rings is 2. The van der Waals surface area contributed by atoms with E-state index in [0.717, 1.165) is 21.5 Å². The predicted molar refractivity (Wildman–Crippen MR) is 129 cm³/mol. The van der Waals surface area contributed by atoms with Crippen LogP contribution < -0.4 is 21.3 Å². The number of thiazole rings is 1. The van der Waals surface area contributed by atoms with Gasteiger partial charge in [0, 0.05) is 29.5 Å². The Bertz CT molecular complexity index is 1510. The molecule has 2 heterocycles. The standard InChI is InChI=1S/C22H19N5O5S2/c28-19(15-27-20(29)10-12-26(22(27)30)14-16-4-2-1-3-5-16)24-17-6-8-18(9-7-17)34(31,32)25-21-23-11-13-33-21/h1-13H,14-15H2,(H,23,25)(H,24,28). The van der Waals surface area contributed by atoms with Crippen molar-refractivity contribution in [1.29, 1.82) is 0 Å². The van der Waals surface area contributed by atoms with Crippen LogP contribution in [-0.2, 0) is 27.9 Å². The van der Waals surface area contributed by atoms with Gasteiger partial charge in [0.25, 0.3) is 15.6 Å². The fourth-order valence-electron chi connectivity index (χ4n) is 3.11. The molecule has 0 aliphatic carbocycles. The molecule has 0 unspecified atom stereocenters. The summed E-state index contributed by atoms with van der Waals surface area (Å²) in [6, 6.07) is 16.0. The van der Waals surface area contributed by atoms with Gasteiger partial charge in [0.1, 0.15) is 6.54 Å². The Labute approximate surface area is 198 Å². The third-order valence-corrected chi connectivity index (χ3v) is 6.91. The molecule has 34 heavy (non-hydrogen) atoms. The lowest BCUT2D eigenvalue weighted by atomic mass is 10.2. The molecule has 0 aliphatic rings. The number of sulfonamides is 1. The van der Waals surface area contributed by atoms with Crippen molar-refractivity contribution >= 4 is 38.1 Å². The Kier molecular flexibility index (Phi) is 6.70. The van der Waals surface area contributed by atoms with Crippen LogP contribution in [0.4, 0.5) is 10.8 Å². The third kappa shape index (κ3) is 5.47. The Morgan fingerprint density at radius 3 is 2.41 bits per heavy atom. The highest BCUT2D eigenvalue weighted by molar-refractivity contribution is 7.93. The Morgan fingerprint density at radius 2 is 1.74 bits per heavy atom. The minimum Gasteiger partial charge on any atom is -0.325 e. The van der Waals surface area contributed by atoms with E-state index in [1.807, 2.05) is 30.3 Å². The zero-order valence-corrected chi connectivity index (χ0v) is 19.3.